The molecular formula is C13H11Cl2NOS. The van der Waals surface area contributed by atoms with Gasteiger partial charge in [0, 0.05) is 22.8 Å². The van der Waals surface area contributed by atoms with E-state index in [0.29, 0.717) is 26.8 Å². The van der Waals surface area contributed by atoms with Crippen LogP contribution in [0.2, 0.25) is 10.0 Å². The lowest BCUT2D eigenvalue weighted by molar-refractivity contribution is 0.458. The van der Waals surface area contributed by atoms with E-state index in [4.69, 9.17) is 35.4 Å². The minimum Gasteiger partial charge on any atom is -0.505 e. The molecule has 0 atom stereocenters. The van der Waals surface area contributed by atoms with Gasteiger partial charge in [-0.3, -0.25) is 0 Å². The number of aromatic nitrogens is 1. The number of nitrogens with zero attached hydrogens (tertiary/aromatic N) is 1. The maximum Gasteiger partial charge on any atom is 0.152 e. The summed E-state index contributed by atoms with van der Waals surface area (Å²) < 4.78 is 2.34. The Labute approximate surface area is 120 Å². The zero-order valence-corrected chi connectivity index (χ0v) is 12.0. The summed E-state index contributed by atoms with van der Waals surface area (Å²) in [5.41, 5.74) is 1.65. The SMILES string of the molecule is Cc1c(O)c(=S)ccn1Cc1ccc(Cl)cc1Cl. The molecule has 5 heteroatoms. The summed E-state index contributed by atoms with van der Waals surface area (Å²) in [6.45, 7) is 2.37. The van der Waals surface area contributed by atoms with Crippen molar-refractivity contribution in [3.05, 3.63) is 56.3 Å². The fourth-order valence-corrected chi connectivity index (χ4v) is 2.34. The van der Waals surface area contributed by atoms with Crippen LogP contribution >= 0.6 is 35.4 Å². The second-order valence-corrected chi connectivity index (χ2v) is 5.26. The summed E-state index contributed by atoms with van der Waals surface area (Å²) in [6, 6.07) is 7.06. The van der Waals surface area contributed by atoms with Crippen molar-refractivity contribution in [3.8, 4) is 5.75 Å². The molecule has 2 nitrogen and oxygen atoms in total. The summed E-state index contributed by atoms with van der Waals surface area (Å²) >= 11 is 17.0. The molecule has 0 aliphatic rings. The molecule has 0 bridgehead atoms. The van der Waals surface area contributed by atoms with Gasteiger partial charge in [-0.1, -0.05) is 41.5 Å². The first-order valence-corrected chi connectivity index (χ1v) is 6.48. The van der Waals surface area contributed by atoms with Gasteiger partial charge in [-0.2, -0.15) is 0 Å². The van der Waals surface area contributed by atoms with Crippen molar-refractivity contribution in [1.82, 2.24) is 4.57 Å². The maximum atomic E-state index is 9.80. The van der Waals surface area contributed by atoms with E-state index < -0.39 is 0 Å². The van der Waals surface area contributed by atoms with E-state index in [2.05, 4.69) is 0 Å². The summed E-state index contributed by atoms with van der Waals surface area (Å²) in [5, 5.41) is 11.0. The molecule has 0 unspecified atom stereocenters. The average molecular weight is 300 g/mol. The Hall–Kier alpha value is -1.03. The number of pyridine rings is 1. The van der Waals surface area contributed by atoms with E-state index in [-0.39, 0.29) is 5.75 Å². The topological polar surface area (TPSA) is 25.2 Å². The molecule has 94 valence electrons. The first kappa shape index (κ1) is 13.4. The van der Waals surface area contributed by atoms with Gasteiger partial charge in [0.05, 0.1) is 10.2 Å². The lowest BCUT2D eigenvalue weighted by Gasteiger charge is -2.13. The predicted molar refractivity (Wildman–Crippen MR) is 77.2 cm³/mol. The smallest absolute Gasteiger partial charge is 0.152 e. The van der Waals surface area contributed by atoms with E-state index >= 15 is 0 Å². The van der Waals surface area contributed by atoms with E-state index in [0.717, 1.165) is 5.56 Å². The Bertz CT molecular complexity index is 652. The number of hydrogen-bond donors (Lipinski definition) is 1. The van der Waals surface area contributed by atoms with Crippen molar-refractivity contribution in [2.45, 2.75) is 13.5 Å². The van der Waals surface area contributed by atoms with E-state index in [1.54, 1.807) is 18.2 Å². The van der Waals surface area contributed by atoms with Gasteiger partial charge in [0.2, 0.25) is 0 Å². The maximum absolute atomic E-state index is 9.80. The Balaban J connectivity index is 2.40. The number of aromatic hydroxyl groups is 1. The van der Waals surface area contributed by atoms with Crippen molar-refractivity contribution in [2.75, 3.05) is 0 Å². The van der Waals surface area contributed by atoms with Crippen LogP contribution in [0.5, 0.6) is 5.75 Å². The summed E-state index contributed by atoms with van der Waals surface area (Å²) in [4.78, 5) is 0. The van der Waals surface area contributed by atoms with Gasteiger partial charge in [-0.25, -0.2) is 0 Å². The van der Waals surface area contributed by atoms with Crippen molar-refractivity contribution in [1.29, 1.82) is 0 Å². The average Bonchev–Trinajstić information content (AvgIpc) is 2.33. The predicted octanol–water partition coefficient (Wildman–Crippen LogP) is 4.59. The van der Waals surface area contributed by atoms with Crippen LogP contribution in [0.15, 0.2) is 30.5 Å². The molecule has 0 saturated heterocycles. The molecule has 0 aliphatic carbocycles. The van der Waals surface area contributed by atoms with Gasteiger partial charge in [0.15, 0.2) is 5.75 Å². The van der Waals surface area contributed by atoms with E-state index in [9.17, 15) is 5.11 Å². The van der Waals surface area contributed by atoms with Crippen LogP contribution in [-0.4, -0.2) is 9.67 Å². The standard InChI is InChI=1S/C13H11Cl2NOS/c1-8-13(17)12(18)4-5-16(8)7-9-2-3-10(14)6-11(9)15/h2-6,17H,7H2,1H3. The first-order valence-electron chi connectivity index (χ1n) is 5.32. The molecular weight excluding hydrogens is 289 g/mol. The van der Waals surface area contributed by atoms with Crippen molar-refractivity contribution < 1.29 is 5.11 Å². The van der Waals surface area contributed by atoms with Crippen molar-refractivity contribution in [3.63, 3.8) is 0 Å². The fourth-order valence-electron chi connectivity index (χ4n) is 1.67. The zero-order valence-electron chi connectivity index (χ0n) is 9.65. The highest BCUT2D eigenvalue weighted by molar-refractivity contribution is 7.71. The highest BCUT2D eigenvalue weighted by Crippen LogP contribution is 2.24. The van der Waals surface area contributed by atoms with Gasteiger partial charge >= 0.3 is 0 Å². The van der Waals surface area contributed by atoms with Crippen LogP contribution < -0.4 is 0 Å². The van der Waals surface area contributed by atoms with Gasteiger partial charge < -0.3 is 9.67 Å². The molecule has 0 amide bonds. The molecule has 0 fully saturated rings. The van der Waals surface area contributed by atoms with Crippen LogP contribution in [0, 0.1) is 11.4 Å². The molecule has 18 heavy (non-hydrogen) atoms. The number of halogens is 2. The van der Waals surface area contributed by atoms with Gasteiger partial charge in [-0.15, -0.1) is 0 Å². The molecule has 2 aromatic rings. The van der Waals surface area contributed by atoms with Gasteiger partial charge in [0.1, 0.15) is 0 Å². The normalized spacial score (nSPS) is 10.6. The van der Waals surface area contributed by atoms with E-state index in [1.165, 1.54) is 0 Å². The lowest BCUT2D eigenvalue weighted by atomic mass is 10.2. The van der Waals surface area contributed by atoms with Crippen LogP contribution in [0.3, 0.4) is 0 Å². The molecule has 1 aromatic carbocycles. The van der Waals surface area contributed by atoms with Crippen LogP contribution in [-0.2, 0) is 6.54 Å². The molecule has 0 saturated carbocycles. The molecule has 0 spiro atoms. The Morgan fingerprint density at radius 1 is 1.28 bits per heavy atom. The molecule has 1 heterocycles. The Morgan fingerprint density at radius 2 is 2.00 bits per heavy atom. The van der Waals surface area contributed by atoms with Crippen molar-refractivity contribution in [2.24, 2.45) is 0 Å². The second-order valence-electron chi connectivity index (χ2n) is 3.98. The quantitative estimate of drug-likeness (QED) is 0.821. The van der Waals surface area contributed by atoms with E-state index in [1.807, 2.05) is 23.8 Å². The molecule has 0 aliphatic heterocycles. The molecule has 1 N–H and O–H groups in total. The number of hydrogen-bond acceptors (Lipinski definition) is 2. The highest BCUT2D eigenvalue weighted by Gasteiger charge is 2.06. The second kappa shape index (κ2) is 5.31. The van der Waals surface area contributed by atoms with Gasteiger partial charge in [0.25, 0.3) is 0 Å². The lowest BCUT2D eigenvalue weighted by Crippen LogP contribution is -2.04. The van der Waals surface area contributed by atoms with Gasteiger partial charge in [-0.05, 0) is 30.7 Å². The summed E-state index contributed by atoms with van der Waals surface area (Å²) in [6.07, 6.45) is 1.84. The van der Waals surface area contributed by atoms with Crippen LogP contribution in [0.25, 0.3) is 0 Å². The third kappa shape index (κ3) is 2.69. The fraction of sp³-hybridized carbons (Fsp3) is 0.154. The Morgan fingerprint density at radius 3 is 2.67 bits per heavy atom. The highest BCUT2D eigenvalue weighted by atomic mass is 35.5. The molecule has 0 radical (unpaired) electrons. The number of rotatable bonds is 2. The molecule has 2 rings (SSSR count). The number of benzene rings is 1. The monoisotopic (exact) mass is 299 g/mol. The third-order valence-electron chi connectivity index (χ3n) is 2.77. The summed E-state index contributed by atoms with van der Waals surface area (Å²) in [7, 11) is 0. The molecule has 1 aromatic heterocycles. The third-order valence-corrected chi connectivity index (χ3v) is 3.68. The van der Waals surface area contributed by atoms with Crippen LogP contribution in [0.1, 0.15) is 11.3 Å². The summed E-state index contributed by atoms with van der Waals surface area (Å²) in [5.74, 6) is 0.137. The Kier molecular flexibility index (Phi) is 3.95. The minimum atomic E-state index is 0.137. The zero-order chi connectivity index (χ0) is 13.3. The largest absolute Gasteiger partial charge is 0.505 e. The van der Waals surface area contributed by atoms with Crippen molar-refractivity contribution >= 4 is 35.4 Å². The first-order chi connectivity index (χ1) is 8.49. The van der Waals surface area contributed by atoms with Crippen LogP contribution in [0.4, 0.5) is 0 Å². The minimum absolute atomic E-state index is 0.137.